The summed E-state index contributed by atoms with van der Waals surface area (Å²) in [6.45, 7) is 1.81. The second-order valence-corrected chi connectivity index (χ2v) is 10.3. The molecule has 3 heterocycles. The number of hydrogen-bond acceptors (Lipinski definition) is 5. The number of sulfonamides is 1. The molecule has 3 aromatic rings. The quantitative estimate of drug-likeness (QED) is 0.607. The molecule has 158 valence electrons. The van der Waals surface area contributed by atoms with Crippen molar-refractivity contribution in [2.45, 2.75) is 23.6 Å². The molecule has 9 heteroatoms. The standard InChI is InChI=1S/C21H24N4O3S2/c26-19(16-25-12-10-22-21(25)18-7-2-1-3-8-18)24-11-4-6-17(15-24)14-23-30(27,28)20-9-5-13-29-20/h1-3,5,7-10,12-13,17,23H,4,6,11,14-16H2/t17-/m1/s1. The molecule has 0 bridgehead atoms. The first kappa shape index (κ1) is 20.8. The van der Waals surface area contributed by atoms with Gasteiger partial charge in [-0.2, -0.15) is 0 Å². The summed E-state index contributed by atoms with van der Waals surface area (Å²) in [6.07, 6.45) is 5.29. The summed E-state index contributed by atoms with van der Waals surface area (Å²) < 4.78 is 29.6. The lowest BCUT2D eigenvalue weighted by Crippen LogP contribution is -2.44. The maximum absolute atomic E-state index is 12.9. The molecule has 1 saturated heterocycles. The number of benzene rings is 1. The van der Waals surface area contributed by atoms with E-state index in [9.17, 15) is 13.2 Å². The smallest absolute Gasteiger partial charge is 0.250 e. The first-order chi connectivity index (χ1) is 14.5. The van der Waals surface area contributed by atoms with Gasteiger partial charge in [-0.15, -0.1) is 11.3 Å². The first-order valence-corrected chi connectivity index (χ1v) is 12.3. The van der Waals surface area contributed by atoms with Crippen LogP contribution in [0.4, 0.5) is 0 Å². The van der Waals surface area contributed by atoms with Crippen molar-refractivity contribution in [3.63, 3.8) is 0 Å². The molecule has 1 N–H and O–H groups in total. The molecular weight excluding hydrogens is 420 g/mol. The number of likely N-dealkylation sites (tertiary alicyclic amines) is 1. The van der Waals surface area contributed by atoms with Crippen molar-refractivity contribution in [2.75, 3.05) is 19.6 Å². The van der Waals surface area contributed by atoms with Gasteiger partial charge in [0.05, 0.1) is 0 Å². The van der Waals surface area contributed by atoms with E-state index in [0.29, 0.717) is 23.8 Å². The Morgan fingerprint density at radius 3 is 2.80 bits per heavy atom. The van der Waals surface area contributed by atoms with E-state index in [1.165, 1.54) is 11.3 Å². The minimum absolute atomic E-state index is 0.0241. The molecule has 4 rings (SSSR count). The van der Waals surface area contributed by atoms with E-state index in [2.05, 4.69) is 9.71 Å². The van der Waals surface area contributed by atoms with Crippen LogP contribution in [0, 0.1) is 5.92 Å². The van der Waals surface area contributed by atoms with E-state index in [4.69, 9.17) is 0 Å². The minimum Gasteiger partial charge on any atom is -0.341 e. The Morgan fingerprint density at radius 1 is 1.20 bits per heavy atom. The molecule has 2 aromatic heterocycles. The largest absolute Gasteiger partial charge is 0.341 e. The van der Waals surface area contributed by atoms with Crippen LogP contribution < -0.4 is 4.72 Å². The first-order valence-electron chi connectivity index (χ1n) is 9.90. The molecular formula is C21H24N4O3S2. The molecule has 0 spiro atoms. The van der Waals surface area contributed by atoms with Gasteiger partial charge < -0.3 is 9.47 Å². The summed E-state index contributed by atoms with van der Waals surface area (Å²) in [7, 11) is -3.48. The highest BCUT2D eigenvalue weighted by Crippen LogP contribution is 2.21. The van der Waals surface area contributed by atoms with E-state index in [0.717, 1.165) is 24.2 Å². The minimum atomic E-state index is -3.48. The van der Waals surface area contributed by atoms with Crippen molar-refractivity contribution in [3.05, 3.63) is 60.2 Å². The Labute approximate surface area is 180 Å². The molecule has 1 atom stereocenters. The molecule has 1 aliphatic heterocycles. The number of amides is 1. The van der Waals surface area contributed by atoms with Crippen molar-refractivity contribution in [3.8, 4) is 11.4 Å². The third-order valence-electron chi connectivity index (χ3n) is 5.25. The number of rotatable bonds is 7. The summed E-state index contributed by atoms with van der Waals surface area (Å²) in [5.41, 5.74) is 0.967. The van der Waals surface area contributed by atoms with Crippen molar-refractivity contribution < 1.29 is 13.2 Å². The number of carbonyl (C=O) groups excluding carboxylic acids is 1. The molecule has 0 unspecified atom stereocenters. The van der Waals surface area contributed by atoms with Crippen molar-refractivity contribution in [1.29, 1.82) is 0 Å². The Balaban J connectivity index is 1.36. The maximum atomic E-state index is 12.9. The van der Waals surface area contributed by atoms with E-state index in [-0.39, 0.29) is 18.4 Å². The predicted octanol–water partition coefficient (Wildman–Crippen LogP) is 2.83. The number of thiophene rings is 1. The van der Waals surface area contributed by atoms with Crippen molar-refractivity contribution in [1.82, 2.24) is 19.2 Å². The summed E-state index contributed by atoms with van der Waals surface area (Å²) in [6, 6.07) is 13.1. The van der Waals surface area contributed by atoms with Crippen molar-refractivity contribution in [2.24, 2.45) is 5.92 Å². The zero-order valence-corrected chi connectivity index (χ0v) is 18.1. The van der Waals surface area contributed by atoms with Gasteiger partial charge in [-0.1, -0.05) is 36.4 Å². The molecule has 30 heavy (non-hydrogen) atoms. The number of aromatic nitrogens is 2. The van der Waals surface area contributed by atoms with Gasteiger partial charge in [-0.3, -0.25) is 4.79 Å². The van der Waals surface area contributed by atoms with Gasteiger partial charge in [0, 0.05) is 37.6 Å². The summed E-state index contributed by atoms with van der Waals surface area (Å²) in [5.74, 6) is 0.894. The fraction of sp³-hybridized carbons (Fsp3) is 0.333. The van der Waals surface area contributed by atoms with Crippen LogP contribution in [0.3, 0.4) is 0 Å². The van der Waals surface area contributed by atoms with Crippen LogP contribution in [-0.2, 0) is 21.4 Å². The molecule has 0 radical (unpaired) electrons. The predicted molar refractivity (Wildman–Crippen MR) is 116 cm³/mol. The van der Waals surface area contributed by atoms with Crippen LogP contribution in [0.25, 0.3) is 11.4 Å². The van der Waals surface area contributed by atoms with Gasteiger partial charge in [-0.25, -0.2) is 18.1 Å². The Morgan fingerprint density at radius 2 is 2.03 bits per heavy atom. The highest BCUT2D eigenvalue weighted by Gasteiger charge is 2.26. The molecule has 7 nitrogen and oxygen atoms in total. The van der Waals surface area contributed by atoms with Crippen LogP contribution in [0.15, 0.2) is 64.4 Å². The summed E-state index contributed by atoms with van der Waals surface area (Å²) in [4.78, 5) is 19.2. The van der Waals surface area contributed by atoms with Gasteiger partial charge in [0.15, 0.2) is 0 Å². The van der Waals surface area contributed by atoms with Gasteiger partial charge in [-0.05, 0) is 30.2 Å². The number of nitrogens with zero attached hydrogens (tertiary/aromatic N) is 3. The lowest BCUT2D eigenvalue weighted by Gasteiger charge is -2.33. The molecule has 0 saturated carbocycles. The summed E-state index contributed by atoms with van der Waals surface area (Å²) >= 11 is 1.20. The zero-order chi connectivity index (χ0) is 21.0. The average molecular weight is 445 g/mol. The van der Waals surface area contributed by atoms with E-state index in [1.807, 2.05) is 46.0 Å². The van der Waals surface area contributed by atoms with E-state index in [1.54, 1.807) is 23.7 Å². The van der Waals surface area contributed by atoms with E-state index >= 15 is 0 Å². The van der Waals surface area contributed by atoms with Crippen molar-refractivity contribution >= 4 is 27.3 Å². The van der Waals surface area contributed by atoms with E-state index < -0.39 is 10.0 Å². The second-order valence-electron chi connectivity index (χ2n) is 7.38. The Hall–Kier alpha value is -2.49. The number of carbonyl (C=O) groups is 1. The average Bonchev–Trinajstić information content (AvgIpc) is 3.46. The van der Waals surface area contributed by atoms with Crippen LogP contribution >= 0.6 is 11.3 Å². The molecule has 0 aliphatic carbocycles. The van der Waals surface area contributed by atoms with Crippen LogP contribution in [-0.4, -0.2) is 48.4 Å². The number of hydrogen-bond donors (Lipinski definition) is 1. The number of nitrogens with one attached hydrogen (secondary N) is 1. The zero-order valence-electron chi connectivity index (χ0n) is 16.5. The Bertz CT molecular complexity index is 1080. The second kappa shape index (κ2) is 9.11. The fourth-order valence-corrected chi connectivity index (χ4v) is 5.86. The number of piperidine rings is 1. The summed E-state index contributed by atoms with van der Waals surface area (Å²) in [5, 5.41) is 1.75. The normalized spacial score (nSPS) is 17.2. The number of imidazole rings is 1. The van der Waals surface area contributed by atoms with Crippen LogP contribution in [0.5, 0.6) is 0 Å². The maximum Gasteiger partial charge on any atom is 0.250 e. The Kier molecular flexibility index (Phi) is 6.31. The van der Waals surface area contributed by atoms with Crippen LogP contribution in [0.2, 0.25) is 0 Å². The SMILES string of the molecule is O=C(Cn1ccnc1-c1ccccc1)N1CCC[C@H](CNS(=O)(=O)c2cccs2)C1. The molecule has 1 aromatic carbocycles. The van der Waals surface area contributed by atoms with Crippen LogP contribution in [0.1, 0.15) is 12.8 Å². The lowest BCUT2D eigenvalue weighted by atomic mass is 9.98. The topological polar surface area (TPSA) is 84.3 Å². The van der Waals surface area contributed by atoms with Gasteiger partial charge >= 0.3 is 0 Å². The van der Waals surface area contributed by atoms with Gasteiger partial charge in [0.2, 0.25) is 15.9 Å². The third kappa shape index (κ3) is 4.80. The molecule has 1 fully saturated rings. The van der Waals surface area contributed by atoms with Gasteiger partial charge in [0.1, 0.15) is 16.6 Å². The van der Waals surface area contributed by atoms with Gasteiger partial charge in [0.25, 0.3) is 0 Å². The third-order valence-corrected chi connectivity index (χ3v) is 8.07. The molecule has 1 amide bonds. The highest BCUT2D eigenvalue weighted by molar-refractivity contribution is 7.91. The molecule has 1 aliphatic rings. The fourth-order valence-electron chi connectivity index (χ4n) is 3.70. The highest BCUT2D eigenvalue weighted by atomic mass is 32.2. The lowest BCUT2D eigenvalue weighted by molar-refractivity contribution is -0.133. The monoisotopic (exact) mass is 444 g/mol.